The molecule has 0 amide bonds. The van der Waals surface area contributed by atoms with E-state index in [1.165, 1.54) is 0 Å². The molecule has 0 unspecified atom stereocenters. The van der Waals surface area contributed by atoms with E-state index in [4.69, 9.17) is 4.74 Å². The third-order valence-electron chi connectivity index (χ3n) is 1.82. The molecule has 1 rings (SSSR count). The fourth-order valence-electron chi connectivity index (χ4n) is 1.23. The van der Waals surface area contributed by atoms with Gasteiger partial charge >= 0.3 is 5.97 Å². The molecular weight excluding hydrogens is 140 g/mol. The third-order valence-corrected chi connectivity index (χ3v) is 1.82. The molecule has 2 heteroatoms. The lowest BCUT2D eigenvalue weighted by Crippen LogP contribution is -2.17. The Kier molecular flexibility index (Phi) is 1.78. The third kappa shape index (κ3) is 1.62. The fourth-order valence-corrected chi connectivity index (χ4v) is 1.23. The summed E-state index contributed by atoms with van der Waals surface area (Å²) in [5, 5.41) is 0. The molecule has 0 atom stereocenters. The minimum absolute atomic E-state index is 0.144. The number of carbonyl (C=O) groups excluding carboxylic acids is 1. The Labute approximate surface area is 67.2 Å². The second-order valence-electron chi connectivity index (χ2n) is 3.80. The lowest BCUT2D eigenvalue weighted by Gasteiger charge is -2.13. The zero-order valence-electron chi connectivity index (χ0n) is 7.52. The van der Waals surface area contributed by atoms with Gasteiger partial charge in [0.1, 0.15) is 5.60 Å². The van der Waals surface area contributed by atoms with Gasteiger partial charge in [0.15, 0.2) is 0 Å². The molecule has 0 spiro atoms. The summed E-state index contributed by atoms with van der Waals surface area (Å²) in [6, 6.07) is 0. The first-order chi connectivity index (χ1) is 4.92. The summed E-state index contributed by atoms with van der Waals surface area (Å²) >= 11 is 0. The predicted molar refractivity (Wildman–Crippen MR) is 43.2 cm³/mol. The second kappa shape index (κ2) is 2.36. The van der Waals surface area contributed by atoms with E-state index in [9.17, 15) is 4.79 Å². The summed E-state index contributed by atoms with van der Waals surface area (Å²) in [6.07, 6.45) is 0.744. The smallest absolute Gasteiger partial charge is 0.334 e. The van der Waals surface area contributed by atoms with Crippen LogP contribution in [0, 0.1) is 0 Å². The SMILES string of the molecule is CC(C)=C1CC(C)(C)OC1=O. The first kappa shape index (κ1) is 8.31. The normalized spacial score (nSPS) is 21.8. The maximum Gasteiger partial charge on any atom is 0.334 e. The van der Waals surface area contributed by atoms with Gasteiger partial charge in [-0.25, -0.2) is 4.79 Å². The quantitative estimate of drug-likeness (QED) is 0.394. The molecule has 0 N–H and O–H groups in total. The van der Waals surface area contributed by atoms with Gasteiger partial charge in [-0.15, -0.1) is 0 Å². The van der Waals surface area contributed by atoms with Crippen molar-refractivity contribution in [3.63, 3.8) is 0 Å². The van der Waals surface area contributed by atoms with Gasteiger partial charge in [-0.05, 0) is 27.7 Å². The molecule has 1 fully saturated rings. The van der Waals surface area contributed by atoms with Gasteiger partial charge in [0, 0.05) is 12.0 Å². The molecule has 0 aromatic rings. The zero-order chi connectivity index (χ0) is 8.65. The second-order valence-corrected chi connectivity index (χ2v) is 3.80. The zero-order valence-corrected chi connectivity index (χ0v) is 7.52. The van der Waals surface area contributed by atoms with Crippen molar-refractivity contribution in [1.29, 1.82) is 0 Å². The molecule has 0 aliphatic carbocycles. The fraction of sp³-hybridized carbons (Fsp3) is 0.667. The minimum atomic E-state index is -0.288. The Hall–Kier alpha value is -0.790. The van der Waals surface area contributed by atoms with E-state index in [1.54, 1.807) is 0 Å². The van der Waals surface area contributed by atoms with Gasteiger partial charge < -0.3 is 4.74 Å². The molecule has 0 aromatic carbocycles. The van der Waals surface area contributed by atoms with Crippen LogP contribution in [-0.4, -0.2) is 11.6 Å². The number of rotatable bonds is 0. The molecule has 0 aromatic heterocycles. The highest BCUT2D eigenvalue weighted by Gasteiger charge is 2.35. The number of hydrogen-bond donors (Lipinski definition) is 0. The first-order valence-electron chi connectivity index (χ1n) is 3.82. The molecular formula is C9H14O2. The molecule has 1 aliphatic rings. The Morgan fingerprint density at radius 3 is 2.18 bits per heavy atom. The summed E-state index contributed by atoms with van der Waals surface area (Å²) in [4.78, 5) is 11.2. The van der Waals surface area contributed by atoms with Gasteiger partial charge in [-0.3, -0.25) is 0 Å². The molecule has 62 valence electrons. The molecule has 1 saturated heterocycles. The molecule has 0 radical (unpaired) electrons. The Morgan fingerprint density at radius 2 is 2.00 bits per heavy atom. The monoisotopic (exact) mass is 154 g/mol. The average Bonchev–Trinajstić information content (AvgIpc) is 2.05. The van der Waals surface area contributed by atoms with E-state index >= 15 is 0 Å². The molecule has 11 heavy (non-hydrogen) atoms. The van der Waals surface area contributed by atoms with Crippen molar-refractivity contribution < 1.29 is 9.53 Å². The van der Waals surface area contributed by atoms with Crippen molar-refractivity contribution in [2.24, 2.45) is 0 Å². The van der Waals surface area contributed by atoms with E-state index in [1.807, 2.05) is 27.7 Å². The van der Waals surface area contributed by atoms with Crippen molar-refractivity contribution >= 4 is 5.97 Å². The van der Waals surface area contributed by atoms with E-state index in [-0.39, 0.29) is 11.6 Å². The minimum Gasteiger partial charge on any atom is -0.456 e. The van der Waals surface area contributed by atoms with Crippen LogP contribution in [0.25, 0.3) is 0 Å². The number of cyclic esters (lactones) is 1. The van der Waals surface area contributed by atoms with Crippen molar-refractivity contribution in [3.8, 4) is 0 Å². The number of carbonyl (C=O) groups is 1. The van der Waals surface area contributed by atoms with Gasteiger partial charge in [0.25, 0.3) is 0 Å². The van der Waals surface area contributed by atoms with Crippen molar-refractivity contribution in [1.82, 2.24) is 0 Å². The predicted octanol–water partition coefficient (Wildman–Crippen LogP) is 2.05. The molecule has 1 aliphatic heterocycles. The van der Waals surface area contributed by atoms with Crippen LogP contribution in [0.2, 0.25) is 0 Å². The van der Waals surface area contributed by atoms with E-state index in [0.717, 1.165) is 17.6 Å². The van der Waals surface area contributed by atoms with Crippen LogP contribution in [0.15, 0.2) is 11.1 Å². The highest BCUT2D eigenvalue weighted by Crippen LogP contribution is 2.31. The lowest BCUT2D eigenvalue weighted by molar-refractivity contribution is -0.143. The standard InChI is InChI=1S/C9H14O2/c1-6(2)7-5-9(3,4)11-8(7)10/h5H2,1-4H3. The largest absolute Gasteiger partial charge is 0.456 e. The van der Waals surface area contributed by atoms with Crippen molar-refractivity contribution in [3.05, 3.63) is 11.1 Å². The first-order valence-corrected chi connectivity index (χ1v) is 3.82. The van der Waals surface area contributed by atoms with Crippen LogP contribution in [0.5, 0.6) is 0 Å². The topological polar surface area (TPSA) is 26.3 Å². The van der Waals surface area contributed by atoms with Crippen LogP contribution in [-0.2, 0) is 9.53 Å². The maximum absolute atomic E-state index is 11.2. The average molecular weight is 154 g/mol. The van der Waals surface area contributed by atoms with Crippen LogP contribution in [0.1, 0.15) is 34.1 Å². The molecule has 2 nitrogen and oxygen atoms in total. The van der Waals surface area contributed by atoms with E-state index in [0.29, 0.717) is 0 Å². The summed E-state index contributed by atoms with van der Waals surface area (Å²) in [6.45, 7) is 7.75. The number of ether oxygens (including phenoxy) is 1. The van der Waals surface area contributed by atoms with Crippen LogP contribution >= 0.6 is 0 Å². The summed E-state index contributed by atoms with van der Waals surface area (Å²) in [5.41, 5.74) is 1.62. The lowest BCUT2D eigenvalue weighted by atomic mass is 10.00. The van der Waals surface area contributed by atoms with Gasteiger partial charge in [0.2, 0.25) is 0 Å². The van der Waals surface area contributed by atoms with E-state index in [2.05, 4.69) is 0 Å². The summed E-state index contributed by atoms with van der Waals surface area (Å²) in [5.74, 6) is -0.144. The number of hydrogen-bond acceptors (Lipinski definition) is 2. The van der Waals surface area contributed by atoms with Crippen molar-refractivity contribution in [2.75, 3.05) is 0 Å². The van der Waals surface area contributed by atoms with Crippen LogP contribution in [0.3, 0.4) is 0 Å². The highest BCUT2D eigenvalue weighted by molar-refractivity contribution is 5.91. The van der Waals surface area contributed by atoms with Gasteiger partial charge in [0.05, 0.1) is 0 Å². The summed E-state index contributed by atoms with van der Waals surface area (Å²) in [7, 11) is 0. The molecule has 0 bridgehead atoms. The summed E-state index contributed by atoms with van der Waals surface area (Å²) < 4.78 is 5.13. The van der Waals surface area contributed by atoms with Gasteiger partial charge in [-0.1, -0.05) is 5.57 Å². The molecule has 1 heterocycles. The molecule has 0 saturated carbocycles. The van der Waals surface area contributed by atoms with Crippen LogP contribution < -0.4 is 0 Å². The highest BCUT2D eigenvalue weighted by atomic mass is 16.6. The Balaban J connectivity index is 2.92. The van der Waals surface area contributed by atoms with Gasteiger partial charge in [-0.2, -0.15) is 0 Å². The van der Waals surface area contributed by atoms with E-state index < -0.39 is 0 Å². The van der Waals surface area contributed by atoms with Crippen LogP contribution in [0.4, 0.5) is 0 Å². The van der Waals surface area contributed by atoms with Crippen molar-refractivity contribution in [2.45, 2.75) is 39.7 Å². The Bertz CT molecular complexity index is 220. The number of allylic oxidation sites excluding steroid dienone is 1. The maximum atomic E-state index is 11.2. The number of esters is 1. The Morgan fingerprint density at radius 1 is 1.45 bits per heavy atom.